The van der Waals surface area contributed by atoms with E-state index in [0.717, 1.165) is 11.3 Å². The van der Waals surface area contributed by atoms with Gasteiger partial charge in [-0.25, -0.2) is 13.9 Å². The molecule has 6 nitrogen and oxygen atoms in total. The minimum atomic E-state index is -0.305. The Kier molecular flexibility index (Phi) is 2.78. The van der Waals surface area contributed by atoms with E-state index in [0.29, 0.717) is 6.54 Å². The summed E-state index contributed by atoms with van der Waals surface area (Å²) in [6.07, 6.45) is 3.15. The highest BCUT2D eigenvalue weighted by Crippen LogP contribution is 2.07. The minimum absolute atomic E-state index is 0.139. The first-order chi connectivity index (χ1) is 9.61. The molecule has 2 aromatic heterocycles. The van der Waals surface area contributed by atoms with Gasteiger partial charge < -0.3 is 0 Å². The van der Waals surface area contributed by atoms with Crippen LogP contribution in [0.4, 0.5) is 0 Å². The number of hydrogen-bond donors (Lipinski definition) is 0. The number of aromatic nitrogens is 4. The quantitative estimate of drug-likeness (QED) is 0.697. The zero-order chi connectivity index (χ0) is 14.3. The van der Waals surface area contributed by atoms with Gasteiger partial charge >= 0.3 is 11.2 Å². The Hall–Kier alpha value is -2.63. The molecule has 0 N–H and O–H groups in total. The Morgan fingerprint density at radius 3 is 2.45 bits per heavy atom. The average molecular weight is 270 g/mol. The van der Waals surface area contributed by atoms with Crippen LogP contribution in [0.1, 0.15) is 12.5 Å². The van der Waals surface area contributed by atoms with Crippen molar-refractivity contribution in [2.24, 2.45) is 0 Å². The highest BCUT2D eigenvalue weighted by Gasteiger charge is 2.11. The van der Waals surface area contributed by atoms with Crippen LogP contribution in [0.5, 0.6) is 0 Å². The third-order valence-electron chi connectivity index (χ3n) is 3.26. The van der Waals surface area contributed by atoms with E-state index < -0.39 is 0 Å². The van der Waals surface area contributed by atoms with E-state index in [-0.39, 0.29) is 16.9 Å². The van der Waals surface area contributed by atoms with Gasteiger partial charge in [-0.05, 0) is 26.0 Å². The molecule has 2 heterocycles. The predicted octanol–water partition coefficient (Wildman–Crippen LogP) is 0.975. The lowest BCUT2D eigenvalue weighted by atomic mass is 10.2. The first kappa shape index (κ1) is 12.4. The van der Waals surface area contributed by atoms with Gasteiger partial charge in [0, 0.05) is 24.6 Å². The van der Waals surface area contributed by atoms with Crippen LogP contribution in [-0.2, 0) is 6.54 Å². The summed E-state index contributed by atoms with van der Waals surface area (Å²) >= 11 is 0. The van der Waals surface area contributed by atoms with Crippen molar-refractivity contribution in [3.05, 3.63) is 63.1 Å². The van der Waals surface area contributed by atoms with Crippen molar-refractivity contribution in [3.63, 3.8) is 0 Å². The molecule has 20 heavy (non-hydrogen) atoms. The summed E-state index contributed by atoms with van der Waals surface area (Å²) in [6.45, 7) is 4.23. The summed E-state index contributed by atoms with van der Waals surface area (Å²) in [5.41, 5.74) is 1.41. The molecule has 102 valence electrons. The molecule has 0 unspecified atom stereocenters. The van der Waals surface area contributed by atoms with Crippen LogP contribution in [0.15, 0.2) is 46.2 Å². The molecule has 1 aromatic carbocycles. The lowest BCUT2D eigenvalue weighted by Crippen LogP contribution is -2.23. The molecule has 0 atom stereocenters. The maximum atomic E-state index is 12.4. The summed E-state index contributed by atoms with van der Waals surface area (Å²) in [5, 5.41) is 4.07. The SMILES string of the molecule is CCn1nc2c(=O)n(-c3ccc(C)cc3)ccn2c1=O. The molecular weight excluding hydrogens is 256 g/mol. The Morgan fingerprint density at radius 2 is 1.80 bits per heavy atom. The fraction of sp³-hybridized carbons (Fsp3) is 0.214. The largest absolute Gasteiger partial charge is 0.350 e. The molecule has 3 rings (SSSR count). The molecule has 0 saturated heterocycles. The van der Waals surface area contributed by atoms with E-state index in [1.165, 1.54) is 13.6 Å². The van der Waals surface area contributed by atoms with Crippen LogP contribution in [0, 0.1) is 6.92 Å². The fourth-order valence-corrected chi connectivity index (χ4v) is 2.12. The van der Waals surface area contributed by atoms with Gasteiger partial charge in [-0.3, -0.25) is 9.36 Å². The Labute approximate surface area is 114 Å². The van der Waals surface area contributed by atoms with E-state index in [1.54, 1.807) is 12.4 Å². The molecular formula is C14H14N4O2. The highest BCUT2D eigenvalue weighted by atomic mass is 16.2. The second kappa shape index (κ2) is 4.48. The number of benzene rings is 1. The lowest BCUT2D eigenvalue weighted by molar-refractivity contribution is 0.633. The first-order valence-corrected chi connectivity index (χ1v) is 6.39. The first-order valence-electron chi connectivity index (χ1n) is 6.39. The van der Waals surface area contributed by atoms with Crippen LogP contribution in [0.3, 0.4) is 0 Å². The lowest BCUT2D eigenvalue weighted by Gasteiger charge is -2.05. The van der Waals surface area contributed by atoms with Crippen molar-refractivity contribution < 1.29 is 0 Å². The maximum absolute atomic E-state index is 12.4. The highest BCUT2D eigenvalue weighted by molar-refractivity contribution is 5.40. The van der Waals surface area contributed by atoms with Gasteiger partial charge in [0.15, 0.2) is 0 Å². The summed E-state index contributed by atoms with van der Waals surface area (Å²) in [7, 11) is 0. The molecule has 0 saturated carbocycles. The molecule has 0 aliphatic carbocycles. The van der Waals surface area contributed by atoms with Crippen molar-refractivity contribution in [2.75, 3.05) is 0 Å². The molecule has 0 aliphatic rings. The maximum Gasteiger partial charge on any atom is 0.350 e. The van der Waals surface area contributed by atoms with Crippen molar-refractivity contribution in [1.82, 2.24) is 18.7 Å². The molecule has 0 amide bonds. The van der Waals surface area contributed by atoms with E-state index in [9.17, 15) is 9.59 Å². The third kappa shape index (κ3) is 1.77. The van der Waals surface area contributed by atoms with Crippen LogP contribution in [0.2, 0.25) is 0 Å². The Morgan fingerprint density at radius 1 is 1.10 bits per heavy atom. The molecule has 6 heteroatoms. The van der Waals surface area contributed by atoms with Gasteiger partial charge in [-0.2, -0.15) is 0 Å². The number of aryl methyl sites for hydroxylation is 2. The standard InChI is InChI=1S/C14H14N4O2/c1-3-18-14(20)17-9-8-16(13(19)12(17)15-18)11-6-4-10(2)5-7-11/h4-9H,3H2,1-2H3. The van der Waals surface area contributed by atoms with E-state index in [4.69, 9.17) is 0 Å². The topological polar surface area (TPSA) is 61.3 Å². The van der Waals surface area contributed by atoms with Gasteiger partial charge in [0.05, 0.1) is 0 Å². The van der Waals surface area contributed by atoms with Crippen LogP contribution in [0.25, 0.3) is 11.3 Å². The number of nitrogens with zero attached hydrogens (tertiary/aromatic N) is 4. The molecule has 0 aliphatic heterocycles. The normalized spacial score (nSPS) is 11.1. The molecule has 0 fully saturated rings. The van der Waals surface area contributed by atoms with Crippen LogP contribution < -0.4 is 11.2 Å². The predicted molar refractivity (Wildman–Crippen MR) is 75.5 cm³/mol. The Balaban J connectivity index is 2.29. The van der Waals surface area contributed by atoms with Crippen LogP contribution in [-0.4, -0.2) is 18.7 Å². The average Bonchev–Trinajstić information content (AvgIpc) is 2.78. The summed E-state index contributed by atoms with van der Waals surface area (Å²) in [4.78, 5) is 24.3. The second-order valence-electron chi connectivity index (χ2n) is 4.60. The summed E-state index contributed by atoms with van der Waals surface area (Å²) in [6, 6.07) is 7.59. The Bertz CT molecular complexity index is 884. The van der Waals surface area contributed by atoms with E-state index >= 15 is 0 Å². The molecule has 0 radical (unpaired) electrons. The zero-order valence-electron chi connectivity index (χ0n) is 11.3. The number of fused-ring (bicyclic) bond motifs is 1. The summed E-state index contributed by atoms with van der Waals surface area (Å²) < 4.78 is 4.04. The zero-order valence-corrected chi connectivity index (χ0v) is 11.3. The summed E-state index contributed by atoms with van der Waals surface area (Å²) in [5.74, 6) is 0. The van der Waals surface area contributed by atoms with Gasteiger partial charge in [0.2, 0.25) is 5.65 Å². The third-order valence-corrected chi connectivity index (χ3v) is 3.26. The number of hydrogen-bond acceptors (Lipinski definition) is 3. The molecule has 0 spiro atoms. The smallest absolute Gasteiger partial charge is 0.280 e. The van der Waals surface area contributed by atoms with Crippen molar-refractivity contribution >= 4 is 5.65 Å². The van der Waals surface area contributed by atoms with E-state index in [1.807, 2.05) is 38.1 Å². The van der Waals surface area contributed by atoms with Crippen LogP contribution >= 0.6 is 0 Å². The van der Waals surface area contributed by atoms with Gasteiger partial charge in [-0.15, -0.1) is 5.10 Å². The fourth-order valence-electron chi connectivity index (χ4n) is 2.12. The van der Waals surface area contributed by atoms with Crippen molar-refractivity contribution in [2.45, 2.75) is 20.4 Å². The molecule has 0 bridgehead atoms. The second-order valence-corrected chi connectivity index (χ2v) is 4.60. The molecule has 3 aromatic rings. The van der Waals surface area contributed by atoms with Gasteiger partial charge in [-0.1, -0.05) is 17.7 Å². The monoisotopic (exact) mass is 270 g/mol. The van der Waals surface area contributed by atoms with Crippen molar-refractivity contribution in [1.29, 1.82) is 0 Å². The van der Waals surface area contributed by atoms with Gasteiger partial charge in [0.1, 0.15) is 0 Å². The number of rotatable bonds is 2. The van der Waals surface area contributed by atoms with Crippen molar-refractivity contribution in [3.8, 4) is 5.69 Å². The van der Waals surface area contributed by atoms with E-state index in [2.05, 4.69) is 5.10 Å². The minimum Gasteiger partial charge on any atom is -0.280 e. The van der Waals surface area contributed by atoms with Gasteiger partial charge in [0.25, 0.3) is 0 Å².